The summed E-state index contributed by atoms with van der Waals surface area (Å²) in [5.74, 6) is -1.27. The first-order valence-corrected chi connectivity index (χ1v) is 8.85. The van der Waals surface area contributed by atoms with Crippen LogP contribution in [0.5, 0.6) is 0 Å². The van der Waals surface area contributed by atoms with Crippen LogP contribution in [0, 0.1) is 0 Å². The van der Waals surface area contributed by atoms with Crippen molar-refractivity contribution < 1.29 is 26.7 Å². The Bertz CT molecular complexity index is 631. The maximum atomic E-state index is 12.9. The number of aromatic nitrogens is 2. The van der Waals surface area contributed by atoms with E-state index >= 15 is 0 Å². The molecule has 9 heteroatoms. The zero-order chi connectivity index (χ0) is 16.6. The Morgan fingerprint density at radius 2 is 1.91 bits per heavy atom. The molecule has 0 spiro atoms. The molecule has 0 unspecified atom stereocenters. The molecule has 1 aliphatic rings. The normalized spacial score (nSPS) is 19.3. The summed E-state index contributed by atoms with van der Waals surface area (Å²) in [6, 6.07) is 0. The van der Waals surface area contributed by atoms with Crippen LogP contribution in [0.1, 0.15) is 43.4 Å². The fraction of sp³-hybridized carbons (Fsp3) is 0.769. The van der Waals surface area contributed by atoms with Crippen molar-refractivity contribution in [2.24, 2.45) is 7.05 Å². The molecule has 1 aromatic rings. The van der Waals surface area contributed by atoms with Gasteiger partial charge in [-0.05, 0) is 12.8 Å². The van der Waals surface area contributed by atoms with Crippen molar-refractivity contribution in [1.29, 1.82) is 0 Å². The molecule has 5 nitrogen and oxygen atoms in total. The highest BCUT2D eigenvalue weighted by atomic mass is 32.2. The number of halogens is 3. The lowest BCUT2D eigenvalue weighted by Gasteiger charge is -2.31. The van der Waals surface area contributed by atoms with E-state index in [9.17, 15) is 26.7 Å². The third kappa shape index (κ3) is 4.01. The minimum atomic E-state index is -4.67. The van der Waals surface area contributed by atoms with Gasteiger partial charge in [-0.3, -0.25) is 4.68 Å². The molecule has 1 heterocycles. The summed E-state index contributed by atoms with van der Waals surface area (Å²) in [5, 5.41) is 13.8. The highest BCUT2D eigenvalue weighted by Crippen LogP contribution is 2.34. The van der Waals surface area contributed by atoms with Gasteiger partial charge in [0, 0.05) is 12.6 Å². The Hall–Kier alpha value is -1.09. The van der Waals surface area contributed by atoms with E-state index in [-0.39, 0.29) is 5.56 Å². The number of hydrogen-bond donors (Lipinski definition) is 1. The van der Waals surface area contributed by atoms with E-state index in [4.69, 9.17) is 0 Å². The fourth-order valence-corrected chi connectivity index (χ4v) is 4.90. The molecular formula is C13H19F3N2O3S. The van der Waals surface area contributed by atoms with Crippen LogP contribution < -0.4 is 0 Å². The van der Waals surface area contributed by atoms with E-state index in [2.05, 4.69) is 5.10 Å². The molecule has 0 aliphatic heterocycles. The van der Waals surface area contributed by atoms with Gasteiger partial charge in [0.1, 0.15) is 5.69 Å². The van der Waals surface area contributed by atoms with Gasteiger partial charge in [0.05, 0.1) is 23.3 Å². The largest absolute Gasteiger partial charge is 0.433 e. The monoisotopic (exact) mass is 340 g/mol. The molecule has 1 saturated carbocycles. The lowest BCUT2D eigenvalue weighted by molar-refractivity contribution is -0.144. The first-order valence-electron chi connectivity index (χ1n) is 7.03. The van der Waals surface area contributed by atoms with Crippen LogP contribution in [-0.4, -0.2) is 34.7 Å². The summed E-state index contributed by atoms with van der Waals surface area (Å²) in [6.45, 7) is 0. The average molecular weight is 340 g/mol. The van der Waals surface area contributed by atoms with E-state index in [1.54, 1.807) is 0 Å². The number of aryl methyl sites for hydroxylation is 1. The molecule has 1 aliphatic carbocycles. The quantitative estimate of drug-likeness (QED) is 0.910. The molecule has 1 aromatic heterocycles. The minimum Gasteiger partial charge on any atom is -0.389 e. The molecular weight excluding hydrogens is 321 g/mol. The van der Waals surface area contributed by atoms with Gasteiger partial charge in [0.15, 0.2) is 9.84 Å². The van der Waals surface area contributed by atoms with Crippen molar-refractivity contribution in [2.45, 2.75) is 49.6 Å². The van der Waals surface area contributed by atoms with Crippen LogP contribution >= 0.6 is 0 Å². The minimum absolute atomic E-state index is 0.366. The molecule has 0 atom stereocenters. The molecule has 0 bridgehead atoms. The molecule has 0 saturated heterocycles. The third-order valence-corrected chi connectivity index (χ3v) is 5.66. The molecule has 2 rings (SSSR count). The van der Waals surface area contributed by atoms with Gasteiger partial charge in [-0.25, -0.2) is 8.42 Å². The Balaban J connectivity index is 2.19. The van der Waals surface area contributed by atoms with E-state index in [1.165, 1.54) is 0 Å². The molecule has 0 radical (unpaired) electrons. The molecule has 22 heavy (non-hydrogen) atoms. The highest BCUT2D eigenvalue weighted by molar-refractivity contribution is 7.90. The Morgan fingerprint density at radius 1 is 1.32 bits per heavy atom. The number of rotatable bonds is 4. The number of sulfone groups is 1. The Labute approximate surface area is 127 Å². The fourth-order valence-electron chi connectivity index (χ4n) is 3.01. The van der Waals surface area contributed by atoms with Crippen LogP contribution in [-0.2, 0) is 28.8 Å². The number of nitrogens with zero attached hydrogens (tertiary/aromatic N) is 2. The highest BCUT2D eigenvalue weighted by Gasteiger charge is 2.40. The maximum absolute atomic E-state index is 12.9. The summed E-state index contributed by atoms with van der Waals surface area (Å²) < 4.78 is 63.9. The lowest BCUT2D eigenvalue weighted by Crippen LogP contribution is -2.39. The van der Waals surface area contributed by atoms with Crippen LogP contribution in [0.25, 0.3) is 0 Å². The van der Waals surface area contributed by atoms with Crippen LogP contribution in [0.3, 0.4) is 0 Å². The van der Waals surface area contributed by atoms with Crippen molar-refractivity contribution in [3.63, 3.8) is 0 Å². The molecule has 0 amide bonds. The van der Waals surface area contributed by atoms with Gasteiger partial charge in [0.2, 0.25) is 0 Å². The smallest absolute Gasteiger partial charge is 0.389 e. The van der Waals surface area contributed by atoms with Crippen molar-refractivity contribution >= 4 is 9.84 Å². The van der Waals surface area contributed by atoms with Gasteiger partial charge < -0.3 is 5.11 Å². The van der Waals surface area contributed by atoms with Crippen molar-refractivity contribution in [3.05, 3.63) is 17.5 Å². The second-order valence-electron chi connectivity index (χ2n) is 5.96. The van der Waals surface area contributed by atoms with Gasteiger partial charge in [-0.2, -0.15) is 18.3 Å². The van der Waals surface area contributed by atoms with E-state index in [0.29, 0.717) is 17.5 Å². The van der Waals surface area contributed by atoms with Gasteiger partial charge in [-0.15, -0.1) is 0 Å². The van der Waals surface area contributed by atoms with Crippen molar-refractivity contribution in [1.82, 2.24) is 9.78 Å². The zero-order valence-corrected chi connectivity index (χ0v) is 13.0. The first-order chi connectivity index (χ1) is 10.0. The second kappa shape index (κ2) is 5.84. The summed E-state index contributed by atoms with van der Waals surface area (Å²) in [5.41, 5.74) is -2.77. The zero-order valence-electron chi connectivity index (χ0n) is 12.2. The molecule has 1 N–H and O–H groups in total. The third-order valence-electron chi connectivity index (χ3n) is 3.93. The van der Waals surface area contributed by atoms with Crippen LogP contribution in [0.15, 0.2) is 6.20 Å². The summed E-state index contributed by atoms with van der Waals surface area (Å²) in [7, 11) is -2.75. The topological polar surface area (TPSA) is 72.2 Å². The number of aliphatic hydroxyl groups is 1. The van der Waals surface area contributed by atoms with E-state index in [0.717, 1.165) is 32.5 Å². The van der Waals surface area contributed by atoms with Crippen LogP contribution in [0.4, 0.5) is 13.2 Å². The SMILES string of the molecule is Cn1ncc(CS(=O)(=O)CC2(O)CCCCC2)c1C(F)(F)F. The van der Waals surface area contributed by atoms with Gasteiger partial charge >= 0.3 is 6.18 Å². The summed E-state index contributed by atoms with van der Waals surface area (Å²) in [4.78, 5) is 0. The van der Waals surface area contributed by atoms with Gasteiger partial charge in [-0.1, -0.05) is 19.3 Å². The first kappa shape index (κ1) is 17.3. The van der Waals surface area contributed by atoms with Crippen molar-refractivity contribution in [2.75, 3.05) is 5.75 Å². The Kier molecular flexibility index (Phi) is 4.59. The second-order valence-corrected chi connectivity index (χ2v) is 8.02. The Morgan fingerprint density at radius 3 is 2.45 bits per heavy atom. The lowest BCUT2D eigenvalue weighted by atomic mass is 9.86. The van der Waals surface area contributed by atoms with Crippen molar-refractivity contribution in [3.8, 4) is 0 Å². The molecule has 0 aromatic carbocycles. The average Bonchev–Trinajstić information content (AvgIpc) is 2.68. The number of hydrogen-bond acceptors (Lipinski definition) is 4. The standard InChI is InChI=1S/C13H19F3N2O3S/c1-18-11(13(14,15)16)10(7-17-18)8-22(20,21)9-12(19)5-3-2-4-6-12/h7,19H,2-6,8-9H2,1H3. The van der Waals surface area contributed by atoms with Gasteiger partial charge in [0.25, 0.3) is 0 Å². The number of alkyl halides is 3. The van der Waals surface area contributed by atoms with Crippen LogP contribution in [0.2, 0.25) is 0 Å². The molecule has 126 valence electrons. The predicted molar refractivity (Wildman–Crippen MR) is 73.7 cm³/mol. The molecule has 1 fully saturated rings. The summed E-state index contributed by atoms with van der Waals surface area (Å²) >= 11 is 0. The summed E-state index contributed by atoms with van der Waals surface area (Å²) in [6.07, 6.45) is -0.622. The van der Waals surface area contributed by atoms with E-state index < -0.39 is 38.8 Å². The maximum Gasteiger partial charge on any atom is 0.433 e. The predicted octanol–water partition coefficient (Wildman–Crippen LogP) is 2.05. The van der Waals surface area contributed by atoms with E-state index in [1.807, 2.05) is 0 Å².